The van der Waals surface area contributed by atoms with Crippen LogP contribution in [-0.4, -0.2) is 17.5 Å². The van der Waals surface area contributed by atoms with Crippen LogP contribution < -0.4 is 5.43 Å². The molecule has 0 aromatic rings. The Morgan fingerprint density at radius 1 is 1.88 bits per heavy atom. The van der Waals surface area contributed by atoms with Crippen LogP contribution in [0, 0.1) is 0 Å². The van der Waals surface area contributed by atoms with Gasteiger partial charge in [-0.3, -0.25) is 5.43 Å². The Balaban J connectivity index is 2.41. The largest absolute Gasteiger partial charge is 0.282 e. The van der Waals surface area contributed by atoms with E-state index in [2.05, 4.69) is 15.8 Å². The zero-order chi connectivity index (χ0) is 5.98. The van der Waals surface area contributed by atoms with Gasteiger partial charge in [0.15, 0.2) is 0 Å². The summed E-state index contributed by atoms with van der Waals surface area (Å²) in [5, 5.41) is 7.29. The summed E-state index contributed by atoms with van der Waals surface area (Å²) in [6.45, 7) is 2.60. The first-order valence-electron chi connectivity index (χ1n) is 2.43. The Kier molecular flexibility index (Phi) is 1.53. The van der Waals surface area contributed by atoms with Crippen molar-refractivity contribution in [2.24, 2.45) is 10.3 Å². The molecule has 0 saturated carbocycles. The monoisotopic (exact) mass is 129 g/mol. The maximum Gasteiger partial charge on any atom is 0.0979 e. The molecule has 1 rings (SSSR count). The van der Waals surface area contributed by atoms with Crippen LogP contribution >= 0.6 is 12.2 Å². The Morgan fingerprint density at radius 2 is 2.62 bits per heavy atom. The van der Waals surface area contributed by atoms with Crippen molar-refractivity contribution in [3.05, 3.63) is 0 Å². The van der Waals surface area contributed by atoms with Crippen LogP contribution in [0.1, 0.15) is 6.92 Å². The molecule has 3 nitrogen and oxygen atoms in total. The molecule has 0 aliphatic carbocycles. The van der Waals surface area contributed by atoms with Crippen LogP contribution in [0.4, 0.5) is 0 Å². The van der Waals surface area contributed by atoms with E-state index in [0.717, 1.165) is 4.86 Å². The van der Waals surface area contributed by atoms with Gasteiger partial charge in [-0.1, -0.05) is 17.4 Å². The molecule has 0 fully saturated rings. The van der Waals surface area contributed by atoms with E-state index < -0.39 is 0 Å². The molecular weight excluding hydrogens is 122 g/mol. The van der Waals surface area contributed by atoms with E-state index in [1.807, 2.05) is 6.92 Å². The third kappa shape index (κ3) is 1.01. The van der Waals surface area contributed by atoms with E-state index in [1.54, 1.807) is 0 Å². The first kappa shape index (κ1) is 5.62. The fraction of sp³-hybridized carbons (Fsp3) is 0.750. The molecule has 0 radical (unpaired) electrons. The first-order chi connectivity index (χ1) is 3.80. The lowest BCUT2D eigenvalue weighted by Crippen LogP contribution is -2.28. The molecule has 1 unspecified atom stereocenters. The maximum atomic E-state index is 4.87. The van der Waals surface area contributed by atoms with Gasteiger partial charge in [-0.15, -0.1) is 0 Å². The Hall–Kier alpha value is -0.510. The van der Waals surface area contributed by atoms with Gasteiger partial charge in [0, 0.05) is 4.86 Å². The van der Waals surface area contributed by atoms with Gasteiger partial charge < -0.3 is 0 Å². The van der Waals surface area contributed by atoms with E-state index in [-0.39, 0.29) is 6.04 Å². The summed E-state index contributed by atoms with van der Waals surface area (Å²) < 4.78 is 0. The lowest BCUT2D eigenvalue weighted by atomic mass is 10.2. The van der Waals surface area contributed by atoms with Crippen molar-refractivity contribution < 1.29 is 0 Å². The van der Waals surface area contributed by atoms with E-state index in [9.17, 15) is 0 Å². The van der Waals surface area contributed by atoms with Crippen molar-refractivity contribution in [3.8, 4) is 0 Å². The van der Waals surface area contributed by atoms with Crippen LogP contribution in [0.3, 0.4) is 0 Å². The minimum absolute atomic E-state index is 0.213. The summed E-state index contributed by atoms with van der Waals surface area (Å²) >= 11 is 4.87. The number of rotatable bonds is 1. The smallest absolute Gasteiger partial charge is 0.0979 e. The van der Waals surface area contributed by atoms with Crippen molar-refractivity contribution >= 4 is 17.1 Å². The zero-order valence-electron chi connectivity index (χ0n) is 4.59. The van der Waals surface area contributed by atoms with Gasteiger partial charge in [0.2, 0.25) is 0 Å². The highest BCUT2D eigenvalue weighted by Crippen LogP contribution is 1.96. The van der Waals surface area contributed by atoms with Crippen LogP contribution in [0.15, 0.2) is 10.3 Å². The average Bonchev–Trinajstić information content (AvgIpc) is 2.12. The van der Waals surface area contributed by atoms with Crippen LogP contribution in [0.2, 0.25) is 0 Å². The fourth-order valence-electron chi connectivity index (χ4n) is 0.493. The third-order valence-electron chi connectivity index (χ3n) is 1.04. The number of thiocarbonyl (C=S) groups is 1. The number of hydrogen-bond donors (Lipinski definition) is 1. The molecule has 1 heterocycles. The third-order valence-corrected chi connectivity index (χ3v) is 1.32. The molecule has 1 atom stereocenters. The molecule has 1 aliphatic rings. The first-order valence-corrected chi connectivity index (χ1v) is 2.84. The molecule has 0 saturated heterocycles. The number of nitrogens with zero attached hydrogens (tertiary/aromatic N) is 2. The Labute approximate surface area is 53.2 Å². The normalized spacial score (nSPS) is 25.4. The van der Waals surface area contributed by atoms with Crippen molar-refractivity contribution in [1.82, 2.24) is 5.43 Å². The summed E-state index contributed by atoms with van der Waals surface area (Å²) in [7, 11) is 0. The van der Waals surface area contributed by atoms with Gasteiger partial charge >= 0.3 is 0 Å². The lowest BCUT2D eigenvalue weighted by molar-refractivity contribution is 0.749. The van der Waals surface area contributed by atoms with E-state index in [1.165, 1.54) is 0 Å². The minimum Gasteiger partial charge on any atom is -0.282 e. The van der Waals surface area contributed by atoms with Crippen LogP contribution in [0.25, 0.3) is 0 Å². The van der Waals surface area contributed by atoms with Crippen molar-refractivity contribution in [2.45, 2.75) is 13.0 Å². The van der Waals surface area contributed by atoms with Gasteiger partial charge in [0.1, 0.15) is 0 Å². The lowest BCUT2D eigenvalue weighted by Gasteiger charge is -2.02. The maximum absolute atomic E-state index is 4.87. The molecule has 0 amide bonds. The Morgan fingerprint density at radius 3 is 2.88 bits per heavy atom. The van der Waals surface area contributed by atoms with E-state index >= 15 is 0 Å². The molecule has 44 valence electrons. The second-order valence-corrected chi connectivity index (χ2v) is 2.36. The predicted molar refractivity (Wildman–Crippen MR) is 34.9 cm³/mol. The molecule has 0 aromatic carbocycles. The predicted octanol–water partition coefficient (Wildman–Crippen LogP) is 0.715. The molecule has 1 aliphatic heterocycles. The number of nitrogens with one attached hydrogen (secondary N) is 1. The number of hydrogen-bond acceptors (Lipinski definition) is 4. The highest BCUT2D eigenvalue weighted by Gasteiger charge is 2.12. The molecule has 0 aromatic heterocycles. The summed E-state index contributed by atoms with van der Waals surface area (Å²) in [5.41, 5.74) is 2.77. The quantitative estimate of drug-likeness (QED) is 0.529. The second kappa shape index (κ2) is 2.17. The molecule has 0 bridgehead atoms. The molecular formula is C4H7N3S. The van der Waals surface area contributed by atoms with Crippen LogP contribution in [0.5, 0.6) is 0 Å². The van der Waals surface area contributed by atoms with E-state index in [4.69, 9.17) is 12.2 Å². The van der Waals surface area contributed by atoms with Gasteiger partial charge in [-0.05, 0) is 6.92 Å². The summed E-state index contributed by atoms with van der Waals surface area (Å²) in [6.07, 6.45) is 0. The standard InChI is InChI=1S/C4H7N3S/c1-3(8)4-2-5-7-6-4/h4H,2H2,1H3,(H,5,6). The Bertz CT molecular complexity index is 123. The average molecular weight is 129 g/mol. The highest BCUT2D eigenvalue weighted by atomic mass is 32.1. The summed E-state index contributed by atoms with van der Waals surface area (Å²) in [4.78, 5) is 0.926. The van der Waals surface area contributed by atoms with Gasteiger partial charge in [-0.25, -0.2) is 0 Å². The molecule has 8 heavy (non-hydrogen) atoms. The van der Waals surface area contributed by atoms with Crippen molar-refractivity contribution in [1.29, 1.82) is 0 Å². The second-order valence-electron chi connectivity index (χ2n) is 1.72. The molecule has 1 N–H and O–H groups in total. The van der Waals surface area contributed by atoms with Gasteiger partial charge in [0.25, 0.3) is 0 Å². The molecule has 0 spiro atoms. The van der Waals surface area contributed by atoms with Gasteiger partial charge in [0.05, 0.1) is 12.6 Å². The summed E-state index contributed by atoms with van der Waals surface area (Å²) in [5.74, 6) is 0. The molecule has 4 heteroatoms. The van der Waals surface area contributed by atoms with Crippen LogP contribution in [-0.2, 0) is 0 Å². The van der Waals surface area contributed by atoms with Crippen molar-refractivity contribution in [3.63, 3.8) is 0 Å². The highest BCUT2D eigenvalue weighted by molar-refractivity contribution is 7.80. The SMILES string of the molecule is CC(=S)C1CN=NN1. The van der Waals surface area contributed by atoms with E-state index in [0.29, 0.717) is 6.54 Å². The van der Waals surface area contributed by atoms with Crippen molar-refractivity contribution in [2.75, 3.05) is 6.54 Å². The fourth-order valence-corrected chi connectivity index (χ4v) is 0.621. The topological polar surface area (TPSA) is 36.8 Å². The van der Waals surface area contributed by atoms with Gasteiger partial charge in [-0.2, -0.15) is 5.11 Å². The minimum atomic E-state index is 0.213. The summed E-state index contributed by atoms with van der Waals surface area (Å²) in [6, 6.07) is 0.213. The zero-order valence-corrected chi connectivity index (χ0v) is 5.40.